The molecule has 0 saturated heterocycles. The summed E-state index contributed by atoms with van der Waals surface area (Å²) >= 11 is 0. The van der Waals surface area contributed by atoms with Crippen LogP contribution in [-0.4, -0.2) is 24.8 Å². The lowest BCUT2D eigenvalue weighted by Gasteiger charge is -2.04. The number of carbonyl (C=O) groups is 1. The average molecular weight is 262 g/mol. The Morgan fingerprint density at radius 3 is 2.63 bits per heavy atom. The number of carbonyl (C=O) groups excluding carboxylic acids is 1. The molecular weight excluding hydrogens is 248 g/mol. The number of ether oxygens (including phenoxy) is 2. The minimum atomic E-state index is -0.561. The van der Waals surface area contributed by atoms with Crippen LogP contribution in [0.15, 0.2) is 28.8 Å². The minimum Gasteiger partial charge on any atom is -0.497 e. The molecule has 0 radical (unpaired) electrons. The summed E-state index contributed by atoms with van der Waals surface area (Å²) in [5.74, 6) is 0.221. The molecule has 1 aromatic heterocycles. The molecule has 100 valence electrons. The number of rotatable bonds is 4. The number of anilines is 1. The third-order valence-corrected chi connectivity index (χ3v) is 2.57. The van der Waals surface area contributed by atoms with E-state index in [0.717, 1.165) is 0 Å². The van der Waals surface area contributed by atoms with E-state index in [1.54, 1.807) is 38.3 Å². The maximum atomic E-state index is 11.8. The molecular formula is C13H14N2O4. The van der Waals surface area contributed by atoms with Gasteiger partial charge in [-0.2, -0.15) is 0 Å². The van der Waals surface area contributed by atoms with Crippen LogP contribution in [0.5, 0.6) is 5.75 Å². The first kappa shape index (κ1) is 12.9. The summed E-state index contributed by atoms with van der Waals surface area (Å²) in [6.45, 7) is 1.97. The van der Waals surface area contributed by atoms with Crippen LogP contribution in [0.3, 0.4) is 0 Å². The molecule has 0 amide bonds. The molecule has 0 aliphatic heterocycles. The van der Waals surface area contributed by atoms with Gasteiger partial charge in [0.1, 0.15) is 5.75 Å². The maximum absolute atomic E-state index is 11.8. The highest BCUT2D eigenvalue weighted by molar-refractivity contribution is 5.97. The second-order valence-corrected chi connectivity index (χ2v) is 3.72. The Kier molecular flexibility index (Phi) is 3.70. The molecule has 6 heteroatoms. The van der Waals surface area contributed by atoms with Crippen molar-refractivity contribution in [3.8, 4) is 16.9 Å². The Bertz CT molecular complexity index is 575. The summed E-state index contributed by atoms with van der Waals surface area (Å²) in [6.07, 6.45) is 0. The molecule has 0 fully saturated rings. The molecule has 0 unspecified atom stereocenters. The number of hydrogen-bond acceptors (Lipinski definition) is 6. The van der Waals surface area contributed by atoms with Crippen LogP contribution in [-0.2, 0) is 4.74 Å². The fraction of sp³-hybridized carbons (Fsp3) is 0.231. The van der Waals surface area contributed by atoms with Crippen LogP contribution in [0, 0.1) is 0 Å². The number of nitrogen functional groups attached to an aromatic ring is 1. The summed E-state index contributed by atoms with van der Waals surface area (Å²) in [5, 5.41) is 3.65. The molecule has 0 aliphatic rings. The van der Waals surface area contributed by atoms with Gasteiger partial charge in [-0.1, -0.05) is 17.3 Å². The second-order valence-electron chi connectivity index (χ2n) is 3.72. The molecule has 19 heavy (non-hydrogen) atoms. The number of aromatic nitrogens is 1. The number of benzene rings is 1. The van der Waals surface area contributed by atoms with Crippen LogP contribution in [0.2, 0.25) is 0 Å². The lowest BCUT2D eigenvalue weighted by atomic mass is 10.1. The Hall–Kier alpha value is -2.50. The molecule has 2 rings (SSSR count). The van der Waals surface area contributed by atoms with Gasteiger partial charge < -0.3 is 19.7 Å². The van der Waals surface area contributed by atoms with Crippen molar-refractivity contribution in [3.05, 3.63) is 30.0 Å². The van der Waals surface area contributed by atoms with E-state index in [9.17, 15) is 4.79 Å². The Balaban J connectivity index is 2.42. The zero-order valence-corrected chi connectivity index (χ0v) is 10.7. The van der Waals surface area contributed by atoms with E-state index < -0.39 is 5.97 Å². The minimum absolute atomic E-state index is 0.0736. The van der Waals surface area contributed by atoms with Gasteiger partial charge >= 0.3 is 5.97 Å². The molecule has 0 aliphatic carbocycles. The van der Waals surface area contributed by atoms with Crippen molar-refractivity contribution in [3.63, 3.8) is 0 Å². The molecule has 2 aromatic rings. The van der Waals surface area contributed by atoms with Gasteiger partial charge in [-0.25, -0.2) is 4.79 Å². The van der Waals surface area contributed by atoms with Crippen LogP contribution in [0.25, 0.3) is 11.1 Å². The SMILES string of the molecule is CCOC(=O)c1noc(N)c1-c1ccc(OC)cc1. The summed E-state index contributed by atoms with van der Waals surface area (Å²) in [5.41, 5.74) is 6.93. The van der Waals surface area contributed by atoms with Crippen molar-refractivity contribution in [2.24, 2.45) is 0 Å². The third-order valence-electron chi connectivity index (χ3n) is 2.57. The highest BCUT2D eigenvalue weighted by atomic mass is 16.5. The van der Waals surface area contributed by atoms with Gasteiger partial charge in [0.15, 0.2) is 0 Å². The maximum Gasteiger partial charge on any atom is 0.361 e. The predicted octanol–water partition coefficient (Wildman–Crippen LogP) is 2.11. The first-order valence-corrected chi connectivity index (χ1v) is 5.74. The quantitative estimate of drug-likeness (QED) is 0.849. The smallest absolute Gasteiger partial charge is 0.361 e. The molecule has 2 N–H and O–H groups in total. The fourth-order valence-electron chi connectivity index (χ4n) is 1.68. The molecule has 0 bridgehead atoms. The third kappa shape index (κ3) is 2.52. The summed E-state index contributed by atoms with van der Waals surface area (Å²) in [7, 11) is 1.58. The first-order chi connectivity index (χ1) is 9.17. The fourth-order valence-corrected chi connectivity index (χ4v) is 1.68. The second kappa shape index (κ2) is 5.43. The van der Waals surface area contributed by atoms with Crippen molar-refractivity contribution in [1.82, 2.24) is 5.16 Å². The molecule has 0 saturated carbocycles. The number of esters is 1. The average Bonchev–Trinajstić information content (AvgIpc) is 2.81. The van der Waals surface area contributed by atoms with Gasteiger partial charge in [-0.3, -0.25) is 0 Å². The van der Waals surface area contributed by atoms with Gasteiger partial charge in [0.25, 0.3) is 0 Å². The van der Waals surface area contributed by atoms with Crippen LogP contribution < -0.4 is 10.5 Å². The number of nitrogens with two attached hydrogens (primary N) is 1. The van der Waals surface area contributed by atoms with Gasteiger partial charge in [0, 0.05) is 0 Å². The molecule has 1 heterocycles. The largest absolute Gasteiger partial charge is 0.497 e. The van der Waals surface area contributed by atoms with Crippen molar-refractivity contribution in [2.45, 2.75) is 6.92 Å². The highest BCUT2D eigenvalue weighted by Crippen LogP contribution is 2.31. The zero-order chi connectivity index (χ0) is 13.8. The van der Waals surface area contributed by atoms with Crippen LogP contribution in [0.1, 0.15) is 17.4 Å². The van der Waals surface area contributed by atoms with Crippen molar-refractivity contribution in [2.75, 3.05) is 19.5 Å². The van der Waals surface area contributed by atoms with Gasteiger partial charge in [0.05, 0.1) is 19.3 Å². The Morgan fingerprint density at radius 2 is 2.05 bits per heavy atom. The van der Waals surface area contributed by atoms with Crippen molar-refractivity contribution >= 4 is 11.9 Å². The first-order valence-electron chi connectivity index (χ1n) is 5.74. The Labute approximate surface area is 110 Å². The topological polar surface area (TPSA) is 87.6 Å². The summed E-state index contributed by atoms with van der Waals surface area (Å²) in [6, 6.07) is 7.06. The molecule has 0 atom stereocenters. The lowest BCUT2D eigenvalue weighted by Crippen LogP contribution is -2.06. The van der Waals surface area contributed by atoms with Gasteiger partial charge in [0.2, 0.25) is 11.6 Å². The van der Waals surface area contributed by atoms with E-state index in [0.29, 0.717) is 16.9 Å². The van der Waals surface area contributed by atoms with Crippen LogP contribution in [0.4, 0.5) is 5.88 Å². The standard InChI is InChI=1S/C13H14N2O4/c1-3-18-13(16)11-10(12(14)19-15-11)8-4-6-9(17-2)7-5-8/h4-7H,3,14H2,1-2H3. The molecule has 6 nitrogen and oxygen atoms in total. The van der Waals surface area contributed by atoms with E-state index in [-0.39, 0.29) is 18.2 Å². The monoisotopic (exact) mass is 262 g/mol. The van der Waals surface area contributed by atoms with Gasteiger partial charge in [-0.05, 0) is 24.6 Å². The summed E-state index contributed by atoms with van der Waals surface area (Å²) in [4.78, 5) is 11.8. The predicted molar refractivity (Wildman–Crippen MR) is 68.9 cm³/mol. The normalized spacial score (nSPS) is 10.2. The Morgan fingerprint density at radius 1 is 1.37 bits per heavy atom. The van der Waals surface area contributed by atoms with E-state index in [1.807, 2.05) is 0 Å². The number of hydrogen-bond donors (Lipinski definition) is 1. The van der Waals surface area contributed by atoms with E-state index in [4.69, 9.17) is 19.7 Å². The van der Waals surface area contributed by atoms with E-state index >= 15 is 0 Å². The van der Waals surface area contributed by atoms with E-state index in [2.05, 4.69) is 5.16 Å². The lowest BCUT2D eigenvalue weighted by molar-refractivity contribution is 0.0515. The van der Waals surface area contributed by atoms with Crippen LogP contribution >= 0.6 is 0 Å². The number of nitrogens with zero attached hydrogens (tertiary/aromatic N) is 1. The highest BCUT2D eigenvalue weighted by Gasteiger charge is 2.22. The van der Waals surface area contributed by atoms with E-state index in [1.165, 1.54) is 0 Å². The van der Waals surface area contributed by atoms with Crippen molar-refractivity contribution < 1.29 is 18.8 Å². The van der Waals surface area contributed by atoms with Gasteiger partial charge in [-0.15, -0.1) is 0 Å². The number of methoxy groups -OCH3 is 1. The summed E-state index contributed by atoms with van der Waals surface area (Å²) < 4.78 is 14.8. The molecule has 0 spiro atoms. The van der Waals surface area contributed by atoms with Crippen molar-refractivity contribution in [1.29, 1.82) is 0 Å². The zero-order valence-electron chi connectivity index (χ0n) is 10.7. The molecule has 1 aromatic carbocycles.